The van der Waals surface area contributed by atoms with Crippen LogP contribution in [0.3, 0.4) is 0 Å². The van der Waals surface area contributed by atoms with E-state index in [2.05, 4.69) is 5.32 Å². The number of nitrogens with one attached hydrogen (secondary N) is 1. The molecule has 0 saturated carbocycles. The van der Waals surface area contributed by atoms with Gasteiger partial charge in [-0.2, -0.15) is 0 Å². The van der Waals surface area contributed by atoms with Gasteiger partial charge in [0, 0.05) is 5.56 Å². The first-order valence-corrected chi connectivity index (χ1v) is 5.88. The third kappa shape index (κ3) is 4.02. The van der Waals surface area contributed by atoms with Crippen molar-refractivity contribution >= 4 is 6.09 Å². The molecule has 0 bridgehead atoms. The number of rotatable bonds is 2. The second-order valence-electron chi connectivity index (χ2n) is 5.73. The molecule has 0 aliphatic carbocycles. The van der Waals surface area contributed by atoms with Crippen LogP contribution in [0.1, 0.15) is 40.2 Å². The minimum atomic E-state index is -0.826. The van der Waals surface area contributed by atoms with E-state index in [1.165, 1.54) is 6.07 Å². The summed E-state index contributed by atoms with van der Waals surface area (Å²) in [5, 5.41) is 2.67. The summed E-state index contributed by atoms with van der Waals surface area (Å²) in [7, 11) is 0. The zero-order valence-electron chi connectivity index (χ0n) is 11.5. The lowest BCUT2D eigenvalue weighted by Gasteiger charge is -2.29. The molecular formula is C14H20FNO2. The van der Waals surface area contributed by atoms with E-state index in [1.807, 2.05) is 0 Å². The fraction of sp³-hybridized carbons (Fsp3) is 0.500. The van der Waals surface area contributed by atoms with Crippen molar-refractivity contribution in [2.45, 2.75) is 45.8 Å². The van der Waals surface area contributed by atoms with Gasteiger partial charge in [0.1, 0.15) is 11.4 Å². The number of alkyl carbamates (subject to hydrolysis) is 1. The lowest BCUT2D eigenvalue weighted by molar-refractivity contribution is 0.0469. The van der Waals surface area contributed by atoms with E-state index in [0.717, 1.165) is 0 Å². The Morgan fingerprint density at radius 1 is 1.17 bits per heavy atom. The van der Waals surface area contributed by atoms with Gasteiger partial charge in [0.05, 0.1) is 5.54 Å². The number of benzene rings is 1. The fourth-order valence-electron chi connectivity index (χ4n) is 1.59. The van der Waals surface area contributed by atoms with Crippen LogP contribution >= 0.6 is 0 Å². The van der Waals surface area contributed by atoms with Crippen LogP contribution in [0.5, 0.6) is 0 Å². The van der Waals surface area contributed by atoms with Gasteiger partial charge in [-0.05, 0) is 40.7 Å². The molecule has 1 aromatic rings. The van der Waals surface area contributed by atoms with Crippen molar-refractivity contribution in [1.82, 2.24) is 5.32 Å². The third-order valence-electron chi connectivity index (χ3n) is 2.36. The molecule has 18 heavy (non-hydrogen) atoms. The van der Waals surface area contributed by atoms with Gasteiger partial charge in [-0.3, -0.25) is 0 Å². The van der Waals surface area contributed by atoms with Crippen LogP contribution in [0.2, 0.25) is 0 Å². The third-order valence-corrected chi connectivity index (χ3v) is 2.36. The molecule has 1 N–H and O–H groups in total. The standard InChI is InChI=1S/C14H20FNO2/c1-13(2,3)18-12(17)16-14(4,5)10-8-6-7-9-11(10)15/h6-9H,1-5H3,(H,16,17). The first-order chi connectivity index (χ1) is 8.12. The van der Waals surface area contributed by atoms with Crippen LogP contribution in [-0.4, -0.2) is 11.7 Å². The Morgan fingerprint density at radius 2 is 1.72 bits per heavy atom. The number of carbonyl (C=O) groups excluding carboxylic acids is 1. The van der Waals surface area contributed by atoms with E-state index < -0.39 is 17.2 Å². The number of carbonyl (C=O) groups is 1. The van der Waals surface area contributed by atoms with Crippen molar-refractivity contribution in [3.8, 4) is 0 Å². The SMILES string of the molecule is CC(C)(C)OC(=O)NC(C)(C)c1ccccc1F. The predicted molar refractivity (Wildman–Crippen MR) is 68.8 cm³/mol. The van der Waals surface area contributed by atoms with Crippen LogP contribution in [-0.2, 0) is 10.3 Å². The van der Waals surface area contributed by atoms with Crippen molar-refractivity contribution < 1.29 is 13.9 Å². The second kappa shape index (κ2) is 4.96. The molecule has 4 heteroatoms. The Kier molecular flexibility index (Phi) is 3.99. The van der Waals surface area contributed by atoms with Crippen LogP contribution in [0, 0.1) is 5.82 Å². The topological polar surface area (TPSA) is 38.3 Å². The van der Waals surface area contributed by atoms with E-state index in [9.17, 15) is 9.18 Å². The van der Waals surface area contributed by atoms with Gasteiger partial charge in [-0.15, -0.1) is 0 Å². The summed E-state index contributed by atoms with van der Waals surface area (Å²) in [6.45, 7) is 8.80. The fourth-order valence-corrected chi connectivity index (χ4v) is 1.59. The first-order valence-electron chi connectivity index (χ1n) is 5.88. The average Bonchev–Trinajstić information content (AvgIpc) is 2.13. The highest BCUT2D eigenvalue weighted by atomic mass is 19.1. The van der Waals surface area contributed by atoms with Crippen LogP contribution < -0.4 is 5.32 Å². The van der Waals surface area contributed by atoms with Gasteiger partial charge in [0.15, 0.2) is 0 Å². The van der Waals surface area contributed by atoms with Crippen molar-refractivity contribution in [3.05, 3.63) is 35.6 Å². The largest absolute Gasteiger partial charge is 0.444 e. The zero-order valence-corrected chi connectivity index (χ0v) is 11.5. The molecule has 0 fully saturated rings. The number of halogens is 1. The highest BCUT2D eigenvalue weighted by molar-refractivity contribution is 5.69. The molecule has 0 heterocycles. The maximum Gasteiger partial charge on any atom is 0.408 e. The average molecular weight is 253 g/mol. The van der Waals surface area contributed by atoms with Gasteiger partial charge in [0.25, 0.3) is 0 Å². The normalized spacial score (nSPS) is 12.1. The van der Waals surface area contributed by atoms with Crippen molar-refractivity contribution in [2.75, 3.05) is 0 Å². The van der Waals surface area contributed by atoms with Gasteiger partial charge < -0.3 is 10.1 Å². The highest BCUT2D eigenvalue weighted by Gasteiger charge is 2.28. The molecule has 1 rings (SSSR count). The first kappa shape index (κ1) is 14.5. The summed E-state index contributed by atoms with van der Waals surface area (Å²) in [5.74, 6) is -0.349. The molecule has 0 saturated heterocycles. The number of amides is 1. The monoisotopic (exact) mass is 253 g/mol. The molecule has 1 aromatic carbocycles. The Labute approximate surface area is 107 Å². The Hall–Kier alpha value is -1.58. The highest BCUT2D eigenvalue weighted by Crippen LogP contribution is 2.23. The molecule has 0 aliphatic rings. The van der Waals surface area contributed by atoms with Gasteiger partial charge in [-0.1, -0.05) is 18.2 Å². The van der Waals surface area contributed by atoms with E-state index >= 15 is 0 Å². The van der Waals surface area contributed by atoms with E-state index in [4.69, 9.17) is 4.74 Å². The molecule has 100 valence electrons. The van der Waals surface area contributed by atoms with Crippen LogP contribution in [0.15, 0.2) is 24.3 Å². The van der Waals surface area contributed by atoms with Crippen molar-refractivity contribution in [1.29, 1.82) is 0 Å². The summed E-state index contributed by atoms with van der Waals surface area (Å²) < 4.78 is 18.8. The summed E-state index contributed by atoms with van der Waals surface area (Å²) >= 11 is 0. The van der Waals surface area contributed by atoms with E-state index in [-0.39, 0.29) is 5.82 Å². The number of hydrogen-bond donors (Lipinski definition) is 1. The van der Waals surface area contributed by atoms with Gasteiger partial charge in [0.2, 0.25) is 0 Å². The molecule has 0 unspecified atom stereocenters. The zero-order chi connectivity index (χ0) is 14.0. The summed E-state index contributed by atoms with van der Waals surface area (Å²) in [4.78, 5) is 11.7. The summed E-state index contributed by atoms with van der Waals surface area (Å²) in [6.07, 6.45) is -0.559. The Morgan fingerprint density at radius 3 is 2.22 bits per heavy atom. The smallest absolute Gasteiger partial charge is 0.408 e. The lowest BCUT2D eigenvalue weighted by atomic mass is 9.94. The van der Waals surface area contributed by atoms with E-state index in [1.54, 1.807) is 52.8 Å². The van der Waals surface area contributed by atoms with Crippen molar-refractivity contribution in [2.24, 2.45) is 0 Å². The lowest BCUT2D eigenvalue weighted by Crippen LogP contribution is -2.44. The Bertz CT molecular complexity index is 436. The maximum absolute atomic E-state index is 13.7. The molecule has 0 radical (unpaired) electrons. The summed E-state index contributed by atoms with van der Waals surface area (Å²) in [6, 6.07) is 6.36. The molecule has 1 amide bonds. The van der Waals surface area contributed by atoms with Crippen LogP contribution in [0.25, 0.3) is 0 Å². The molecule has 0 spiro atoms. The Balaban J connectivity index is 2.83. The second-order valence-corrected chi connectivity index (χ2v) is 5.73. The molecule has 0 atom stereocenters. The number of ether oxygens (including phenoxy) is 1. The minimum Gasteiger partial charge on any atom is -0.444 e. The summed E-state index contributed by atoms with van der Waals surface area (Å²) in [5.41, 5.74) is -0.973. The minimum absolute atomic E-state index is 0.349. The number of hydrogen-bond acceptors (Lipinski definition) is 2. The van der Waals surface area contributed by atoms with E-state index in [0.29, 0.717) is 5.56 Å². The van der Waals surface area contributed by atoms with Crippen molar-refractivity contribution in [3.63, 3.8) is 0 Å². The van der Waals surface area contributed by atoms with Crippen LogP contribution in [0.4, 0.5) is 9.18 Å². The quantitative estimate of drug-likeness (QED) is 0.874. The van der Waals surface area contributed by atoms with Gasteiger partial charge >= 0.3 is 6.09 Å². The maximum atomic E-state index is 13.7. The predicted octanol–water partition coefficient (Wildman–Crippen LogP) is 3.59. The molecule has 0 aliphatic heterocycles. The molecule has 3 nitrogen and oxygen atoms in total. The molecular weight excluding hydrogens is 233 g/mol. The molecule has 0 aromatic heterocycles. The van der Waals surface area contributed by atoms with Gasteiger partial charge in [-0.25, -0.2) is 9.18 Å².